The predicted octanol–water partition coefficient (Wildman–Crippen LogP) is 1.56. The molecule has 2 heterocycles. The number of aromatic nitrogens is 3. The minimum absolute atomic E-state index is 0.0462. The van der Waals surface area contributed by atoms with Gasteiger partial charge in [-0.05, 0) is 13.0 Å². The third-order valence-corrected chi connectivity index (χ3v) is 3.76. The Balaban J connectivity index is 2.12. The van der Waals surface area contributed by atoms with Gasteiger partial charge < -0.3 is 10.2 Å². The first-order chi connectivity index (χ1) is 9.11. The largest absolute Gasteiger partial charge is 0.365 e. The van der Waals surface area contributed by atoms with Gasteiger partial charge in [0, 0.05) is 20.3 Å². The quantitative estimate of drug-likeness (QED) is 0.918. The lowest BCUT2D eigenvalue weighted by Crippen LogP contribution is -2.26. The monoisotopic (exact) mass is 277 g/mol. The van der Waals surface area contributed by atoms with Gasteiger partial charge in [0.05, 0.1) is 17.9 Å². The van der Waals surface area contributed by atoms with Crippen LogP contribution in [-0.2, 0) is 6.54 Å². The Morgan fingerprint density at radius 1 is 1.53 bits per heavy atom. The topological polar surface area (TPSA) is 71.0 Å². The van der Waals surface area contributed by atoms with E-state index >= 15 is 0 Å². The summed E-state index contributed by atoms with van der Waals surface area (Å²) >= 11 is 1.36. The van der Waals surface area contributed by atoms with Crippen LogP contribution in [-0.4, -0.2) is 39.9 Å². The SMILES string of the molecule is CNc1nc(C)c(C(=O)N(C)Cc2ccncn2)s1. The molecule has 1 amide bonds. The van der Waals surface area contributed by atoms with Gasteiger partial charge >= 0.3 is 0 Å². The molecule has 2 aromatic heterocycles. The lowest BCUT2D eigenvalue weighted by Gasteiger charge is -2.15. The molecule has 0 radical (unpaired) electrons. The summed E-state index contributed by atoms with van der Waals surface area (Å²) in [6.45, 7) is 2.29. The van der Waals surface area contributed by atoms with E-state index in [1.54, 1.807) is 31.3 Å². The number of rotatable bonds is 4. The normalized spacial score (nSPS) is 10.3. The van der Waals surface area contributed by atoms with E-state index in [9.17, 15) is 4.79 Å². The highest BCUT2D eigenvalue weighted by molar-refractivity contribution is 7.17. The van der Waals surface area contributed by atoms with Crippen LogP contribution in [0.3, 0.4) is 0 Å². The van der Waals surface area contributed by atoms with Gasteiger partial charge in [0.1, 0.15) is 11.2 Å². The van der Waals surface area contributed by atoms with Gasteiger partial charge in [0.25, 0.3) is 5.91 Å². The van der Waals surface area contributed by atoms with Crippen LogP contribution in [0.4, 0.5) is 5.13 Å². The van der Waals surface area contributed by atoms with Crippen molar-refractivity contribution in [1.29, 1.82) is 0 Å². The fraction of sp³-hybridized carbons (Fsp3) is 0.333. The van der Waals surface area contributed by atoms with Gasteiger partial charge in [-0.2, -0.15) is 0 Å². The summed E-state index contributed by atoms with van der Waals surface area (Å²) in [5.74, 6) is -0.0462. The molecule has 0 bridgehead atoms. The maximum absolute atomic E-state index is 12.3. The number of nitrogens with zero attached hydrogens (tertiary/aromatic N) is 4. The van der Waals surface area contributed by atoms with Crippen molar-refractivity contribution in [3.63, 3.8) is 0 Å². The fourth-order valence-corrected chi connectivity index (χ4v) is 2.52. The smallest absolute Gasteiger partial charge is 0.266 e. The summed E-state index contributed by atoms with van der Waals surface area (Å²) in [6, 6.07) is 1.79. The summed E-state index contributed by atoms with van der Waals surface area (Å²) < 4.78 is 0. The Morgan fingerprint density at radius 2 is 2.32 bits per heavy atom. The van der Waals surface area contributed by atoms with Crippen molar-refractivity contribution < 1.29 is 4.79 Å². The standard InChI is InChI=1S/C12H15N5OS/c1-8-10(19-12(13-2)16-8)11(18)17(3)6-9-4-5-14-7-15-9/h4-5,7H,6H2,1-3H3,(H,13,16). The summed E-state index contributed by atoms with van der Waals surface area (Å²) in [6.07, 6.45) is 3.14. The molecule has 0 aliphatic rings. The number of aryl methyl sites for hydroxylation is 1. The van der Waals surface area contributed by atoms with Gasteiger partial charge in [-0.15, -0.1) is 0 Å². The van der Waals surface area contributed by atoms with Crippen molar-refractivity contribution in [2.24, 2.45) is 0 Å². The number of nitrogens with one attached hydrogen (secondary N) is 1. The van der Waals surface area contributed by atoms with Crippen LogP contribution in [0.2, 0.25) is 0 Å². The molecule has 1 N–H and O–H groups in total. The molecule has 0 aromatic carbocycles. The van der Waals surface area contributed by atoms with Crippen LogP contribution in [0, 0.1) is 6.92 Å². The molecule has 0 unspecified atom stereocenters. The highest BCUT2D eigenvalue weighted by Crippen LogP contribution is 2.23. The molecule has 0 saturated heterocycles. The van der Waals surface area contributed by atoms with Crippen molar-refractivity contribution in [3.05, 3.63) is 34.9 Å². The molecule has 0 saturated carbocycles. The Bertz CT molecular complexity index is 569. The molecular formula is C12H15N5OS. The number of carbonyl (C=O) groups excluding carboxylic acids is 1. The minimum atomic E-state index is -0.0462. The predicted molar refractivity (Wildman–Crippen MR) is 74.2 cm³/mol. The van der Waals surface area contributed by atoms with Crippen LogP contribution in [0.15, 0.2) is 18.6 Å². The number of hydrogen-bond acceptors (Lipinski definition) is 6. The average Bonchev–Trinajstić information content (AvgIpc) is 2.80. The number of amides is 1. The van der Waals surface area contributed by atoms with E-state index in [1.807, 2.05) is 6.92 Å². The maximum Gasteiger partial charge on any atom is 0.266 e. The molecule has 0 spiro atoms. The number of anilines is 1. The van der Waals surface area contributed by atoms with Crippen molar-refractivity contribution in [2.75, 3.05) is 19.4 Å². The lowest BCUT2D eigenvalue weighted by molar-refractivity contribution is 0.0787. The van der Waals surface area contributed by atoms with Gasteiger partial charge in [-0.1, -0.05) is 11.3 Å². The summed E-state index contributed by atoms with van der Waals surface area (Å²) in [4.78, 5) is 26.8. The number of carbonyl (C=O) groups is 1. The van der Waals surface area contributed by atoms with E-state index in [2.05, 4.69) is 20.3 Å². The molecule has 0 atom stereocenters. The Kier molecular flexibility index (Phi) is 4.06. The van der Waals surface area contributed by atoms with E-state index in [0.29, 0.717) is 11.4 Å². The molecule has 0 aliphatic carbocycles. The van der Waals surface area contributed by atoms with Gasteiger partial charge in [-0.25, -0.2) is 15.0 Å². The first-order valence-electron chi connectivity index (χ1n) is 5.77. The van der Waals surface area contributed by atoms with Gasteiger partial charge in [0.15, 0.2) is 5.13 Å². The Morgan fingerprint density at radius 3 is 2.89 bits per heavy atom. The highest BCUT2D eigenvalue weighted by Gasteiger charge is 2.19. The van der Waals surface area contributed by atoms with E-state index in [1.165, 1.54) is 17.7 Å². The number of thiazole rings is 1. The zero-order valence-electron chi connectivity index (χ0n) is 11.0. The first-order valence-corrected chi connectivity index (χ1v) is 6.59. The van der Waals surface area contributed by atoms with Crippen LogP contribution in [0.1, 0.15) is 21.1 Å². The van der Waals surface area contributed by atoms with E-state index < -0.39 is 0 Å². The zero-order chi connectivity index (χ0) is 13.8. The maximum atomic E-state index is 12.3. The summed E-state index contributed by atoms with van der Waals surface area (Å²) in [5, 5.41) is 3.69. The molecular weight excluding hydrogens is 262 g/mol. The Hall–Kier alpha value is -2.02. The summed E-state index contributed by atoms with van der Waals surface area (Å²) in [7, 11) is 3.54. The molecule has 0 fully saturated rings. The second-order valence-corrected chi connectivity index (χ2v) is 5.04. The van der Waals surface area contributed by atoms with Crippen molar-refractivity contribution in [1.82, 2.24) is 19.9 Å². The third kappa shape index (κ3) is 3.05. The van der Waals surface area contributed by atoms with Crippen LogP contribution < -0.4 is 5.32 Å². The van der Waals surface area contributed by atoms with E-state index in [4.69, 9.17) is 0 Å². The molecule has 7 heteroatoms. The van der Waals surface area contributed by atoms with Crippen LogP contribution >= 0.6 is 11.3 Å². The van der Waals surface area contributed by atoms with Crippen molar-refractivity contribution >= 4 is 22.4 Å². The fourth-order valence-electron chi connectivity index (χ4n) is 1.60. The molecule has 0 aliphatic heterocycles. The van der Waals surface area contributed by atoms with Crippen LogP contribution in [0.25, 0.3) is 0 Å². The van der Waals surface area contributed by atoms with E-state index in [-0.39, 0.29) is 5.91 Å². The minimum Gasteiger partial charge on any atom is -0.365 e. The second kappa shape index (κ2) is 5.75. The molecule has 2 rings (SSSR count). The molecule has 6 nitrogen and oxygen atoms in total. The lowest BCUT2D eigenvalue weighted by atomic mass is 10.3. The molecule has 2 aromatic rings. The van der Waals surface area contributed by atoms with Crippen LogP contribution in [0.5, 0.6) is 0 Å². The first kappa shape index (κ1) is 13.4. The average molecular weight is 277 g/mol. The molecule has 100 valence electrons. The van der Waals surface area contributed by atoms with Crippen molar-refractivity contribution in [3.8, 4) is 0 Å². The third-order valence-electron chi connectivity index (χ3n) is 2.59. The van der Waals surface area contributed by atoms with Gasteiger partial charge in [-0.3, -0.25) is 4.79 Å². The highest BCUT2D eigenvalue weighted by atomic mass is 32.1. The second-order valence-electron chi connectivity index (χ2n) is 4.05. The molecule has 19 heavy (non-hydrogen) atoms. The van der Waals surface area contributed by atoms with E-state index in [0.717, 1.165) is 16.5 Å². The zero-order valence-corrected chi connectivity index (χ0v) is 11.9. The summed E-state index contributed by atoms with van der Waals surface area (Å²) in [5.41, 5.74) is 1.55. The Labute approximate surface area is 115 Å². The van der Waals surface area contributed by atoms with Gasteiger partial charge in [0.2, 0.25) is 0 Å². The number of hydrogen-bond donors (Lipinski definition) is 1. The van der Waals surface area contributed by atoms with Crippen molar-refractivity contribution in [2.45, 2.75) is 13.5 Å².